The Kier molecular flexibility index (Phi) is 4.12. The van der Waals surface area contributed by atoms with Crippen molar-refractivity contribution in [3.63, 3.8) is 0 Å². The zero-order valence-corrected chi connectivity index (χ0v) is 10.6. The van der Waals surface area contributed by atoms with Gasteiger partial charge in [-0.25, -0.2) is 8.78 Å². The van der Waals surface area contributed by atoms with Gasteiger partial charge in [-0.05, 0) is 18.6 Å². The first-order valence-electron chi connectivity index (χ1n) is 5.97. The van der Waals surface area contributed by atoms with Crippen molar-refractivity contribution in [3.05, 3.63) is 64.7 Å². The minimum absolute atomic E-state index is 0.0263. The summed E-state index contributed by atoms with van der Waals surface area (Å²) in [6, 6.07) is 9.66. The highest BCUT2D eigenvalue weighted by Crippen LogP contribution is 2.24. The summed E-state index contributed by atoms with van der Waals surface area (Å²) >= 11 is 0. The van der Waals surface area contributed by atoms with E-state index in [4.69, 9.17) is 10.5 Å². The number of nitrogens with two attached hydrogens (primary N) is 1. The lowest BCUT2D eigenvalue weighted by Crippen LogP contribution is -2.05. The van der Waals surface area contributed by atoms with Gasteiger partial charge in [-0.2, -0.15) is 0 Å². The smallest absolute Gasteiger partial charge is 0.165 e. The molecule has 0 spiro atoms. The molecule has 0 aromatic heterocycles. The van der Waals surface area contributed by atoms with Gasteiger partial charge in [0.2, 0.25) is 0 Å². The summed E-state index contributed by atoms with van der Waals surface area (Å²) in [6.07, 6.45) is 0. The Labute approximate surface area is 110 Å². The van der Waals surface area contributed by atoms with Crippen molar-refractivity contribution < 1.29 is 13.5 Å². The highest BCUT2D eigenvalue weighted by Gasteiger charge is 2.10. The van der Waals surface area contributed by atoms with Gasteiger partial charge in [0.25, 0.3) is 0 Å². The Morgan fingerprint density at radius 2 is 1.74 bits per heavy atom. The molecule has 0 unspecified atom stereocenters. The molecule has 0 saturated heterocycles. The molecular formula is C15H15F2NO. The highest BCUT2D eigenvalue weighted by atomic mass is 19.2. The van der Waals surface area contributed by atoms with Gasteiger partial charge in [-0.1, -0.05) is 30.3 Å². The second-order valence-electron chi connectivity index (χ2n) is 4.27. The number of ether oxygens (including phenoxy) is 1. The summed E-state index contributed by atoms with van der Waals surface area (Å²) in [4.78, 5) is 0. The average molecular weight is 263 g/mol. The lowest BCUT2D eigenvalue weighted by Gasteiger charge is -2.13. The summed E-state index contributed by atoms with van der Waals surface area (Å²) in [6.45, 7) is 2.19. The van der Waals surface area contributed by atoms with Crippen LogP contribution in [-0.2, 0) is 13.2 Å². The minimum atomic E-state index is -0.870. The molecule has 0 aliphatic carbocycles. The Hall–Kier alpha value is -1.94. The summed E-state index contributed by atoms with van der Waals surface area (Å²) in [5, 5.41) is 0. The summed E-state index contributed by atoms with van der Waals surface area (Å²) in [5.74, 6) is -1.11. The normalized spacial score (nSPS) is 10.5. The van der Waals surface area contributed by atoms with Crippen molar-refractivity contribution in [3.8, 4) is 5.75 Å². The predicted molar refractivity (Wildman–Crippen MR) is 69.8 cm³/mol. The zero-order valence-electron chi connectivity index (χ0n) is 10.6. The van der Waals surface area contributed by atoms with E-state index in [1.54, 1.807) is 0 Å². The van der Waals surface area contributed by atoms with Gasteiger partial charge in [0, 0.05) is 17.7 Å². The molecule has 0 bridgehead atoms. The molecule has 0 radical (unpaired) electrons. The van der Waals surface area contributed by atoms with Crippen LogP contribution in [0.25, 0.3) is 0 Å². The molecule has 2 aromatic carbocycles. The van der Waals surface area contributed by atoms with Gasteiger partial charge in [0.15, 0.2) is 11.6 Å². The maximum Gasteiger partial charge on any atom is 0.165 e. The number of halogens is 2. The molecule has 0 aliphatic heterocycles. The van der Waals surface area contributed by atoms with Crippen LogP contribution in [0.3, 0.4) is 0 Å². The van der Waals surface area contributed by atoms with Crippen molar-refractivity contribution >= 4 is 0 Å². The molecule has 2 rings (SSSR count). The second kappa shape index (κ2) is 5.80. The predicted octanol–water partition coefficient (Wildman–Crippen LogP) is 3.31. The number of aryl methyl sites for hydroxylation is 1. The van der Waals surface area contributed by atoms with Crippen molar-refractivity contribution in [2.45, 2.75) is 20.1 Å². The monoisotopic (exact) mass is 263 g/mol. The quantitative estimate of drug-likeness (QED) is 0.918. The van der Waals surface area contributed by atoms with Crippen LogP contribution in [0.15, 0.2) is 36.4 Å². The third-order valence-corrected chi connectivity index (χ3v) is 2.92. The molecule has 0 amide bonds. The van der Waals surface area contributed by atoms with Gasteiger partial charge >= 0.3 is 0 Å². The van der Waals surface area contributed by atoms with Crippen LogP contribution in [0.5, 0.6) is 5.75 Å². The van der Waals surface area contributed by atoms with E-state index in [0.29, 0.717) is 12.3 Å². The fourth-order valence-corrected chi connectivity index (χ4v) is 1.89. The molecule has 0 saturated carbocycles. The average Bonchev–Trinajstić information content (AvgIpc) is 2.41. The van der Waals surface area contributed by atoms with Crippen LogP contribution >= 0.6 is 0 Å². The van der Waals surface area contributed by atoms with Gasteiger partial charge in [0.1, 0.15) is 12.4 Å². The fourth-order valence-electron chi connectivity index (χ4n) is 1.89. The maximum atomic E-state index is 13.5. The zero-order chi connectivity index (χ0) is 13.8. The maximum absolute atomic E-state index is 13.5. The number of rotatable bonds is 4. The lowest BCUT2D eigenvalue weighted by atomic mass is 10.1. The molecule has 19 heavy (non-hydrogen) atoms. The first kappa shape index (κ1) is 13.5. The van der Waals surface area contributed by atoms with E-state index in [0.717, 1.165) is 17.2 Å². The first-order chi connectivity index (χ1) is 9.13. The molecule has 2 nitrogen and oxygen atoms in total. The molecule has 2 aromatic rings. The van der Waals surface area contributed by atoms with E-state index in [1.165, 1.54) is 12.1 Å². The molecular weight excluding hydrogens is 248 g/mol. The van der Waals surface area contributed by atoms with E-state index in [9.17, 15) is 8.78 Å². The van der Waals surface area contributed by atoms with Crippen LogP contribution in [0.1, 0.15) is 16.7 Å². The van der Waals surface area contributed by atoms with Gasteiger partial charge in [-0.3, -0.25) is 0 Å². The van der Waals surface area contributed by atoms with Gasteiger partial charge < -0.3 is 10.5 Å². The Morgan fingerprint density at radius 3 is 2.47 bits per heavy atom. The second-order valence-corrected chi connectivity index (χ2v) is 4.27. The first-order valence-corrected chi connectivity index (χ1v) is 5.97. The van der Waals surface area contributed by atoms with E-state index in [2.05, 4.69) is 0 Å². The molecule has 0 aliphatic rings. The summed E-state index contributed by atoms with van der Waals surface area (Å²) in [7, 11) is 0. The van der Waals surface area contributed by atoms with E-state index in [1.807, 2.05) is 25.1 Å². The van der Waals surface area contributed by atoms with Gasteiger partial charge in [0.05, 0.1) is 0 Å². The van der Waals surface area contributed by atoms with Crippen LogP contribution in [0.4, 0.5) is 8.78 Å². The third kappa shape index (κ3) is 2.90. The fraction of sp³-hybridized carbons (Fsp3) is 0.200. The highest BCUT2D eigenvalue weighted by molar-refractivity contribution is 5.40. The standard InChI is InChI=1S/C15H15F2NO/c1-10-4-2-5-11(8-18)15(10)19-9-12-6-3-7-13(16)14(12)17/h2-7H,8-9,18H2,1H3. The van der Waals surface area contributed by atoms with Crippen LogP contribution in [-0.4, -0.2) is 0 Å². The molecule has 100 valence electrons. The lowest BCUT2D eigenvalue weighted by molar-refractivity contribution is 0.292. The van der Waals surface area contributed by atoms with Crippen LogP contribution in [0.2, 0.25) is 0 Å². The Bertz CT molecular complexity index is 584. The number of hydrogen-bond acceptors (Lipinski definition) is 2. The van der Waals surface area contributed by atoms with Gasteiger partial charge in [-0.15, -0.1) is 0 Å². The molecule has 0 heterocycles. The van der Waals surface area contributed by atoms with E-state index < -0.39 is 11.6 Å². The topological polar surface area (TPSA) is 35.2 Å². The SMILES string of the molecule is Cc1cccc(CN)c1OCc1cccc(F)c1F. The number of benzene rings is 2. The van der Waals surface area contributed by atoms with E-state index >= 15 is 0 Å². The van der Waals surface area contributed by atoms with Crippen molar-refractivity contribution in [1.29, 1.82) is 0 Å². The number of hydrogen-bond donors (Lipinski definition) is 1. The van der Waals surface area contributed by atoms with E-state index in [-0.39, 0.29) is 12.2 Å². The summed E-state index contributed by atoms with van der Waals surface area (Å²) < 4.78 is 32.2. The molecule has 2 N–H and O–H groups in total. The third-order valence-electron chi connectivity index (χ3n) is 2.92. The van der Waals surface area contributed by atoms with Crippen LogP contribution in [0, 0.1) is 18.6 Å². The molecule has 0 fully saturated rings. The Morgan fingerprint density at radius 1 is 1.05 bits per heavy atom. The molecule has 0 atom stereocenters. The van der Waals surface area contributed by atoms with Crippen LogP contribution < -0.4 is 10.5 Å². The molecule has 4 heteroatoms. The Balaban J connectivity index is 2.21. The largest absolute Gasteiger partial charge is 0.488 e. The van der Waals surface area contributed by atoms with Crippen molar-refractivity contribution in [1.82, 2.24) is 0 Å². The van der Waals surface area contributed by atoms with Crippen molar-refractivity contribution in [2.24, 2.45) is 5.73 Å². The van der Waals surface area contributed by atoms with Crippen molar-refractivity contribution in [2.75, 3.05) is 0 Å². The summed E-state index contributed by atoms with van der Waals surface area (Å²) in [5.41, 5.74) is 7.58. The number of para-hydroxylation sites is 1. The minimum Gasteiger partial charge on any atom is -0.488 e.